The highest BCUT2D eigenvalue weighted by atomic mass is 16.6. The Balaban J connectivity index is 4.02. The molecule has 0 N–H and O–H groups in total. The number of carbonyl (C=O) groups excluding carboxylic acids is 3. The lowest BCUT2D eigenvalue weighted by molar-refractivity contribution is -0.167. The average molecular weight is 998 g/mol. The van der Waals surface area contributed by atoms with Crippen LogP contribution in [-0.2, 0) is 28.6 Å². The van der Waals surface area contributed by atoms with Crippen molar-refractivity contribution >= 4 is 17.9 Å². The minimum absolute atomic E-state index is 0.0903. The van der Waals surface area contributed by atoms with E-state index in [1.54, 1.807) is 0 Å². The number of ether oxygens (including phenoxy) is 3. The van der Waals surface area contributed by atoms with E-state index in [9.17, 15) is 14.4 Å². The zero-order valence-electron chi connectivity index (χ0n) is 46.7. The van der Waals surface area contributed by atoms with Gasteiger partial charge in [-0.3, -0.25) is 14.4 Å². The zero-order chi connectivity index (χ0) is 52.2. The lowest BCUT2D eigenvalue weighted by Gasteiger charge is -2.18. The van der Waals surface area contributed by atoms with Gasteiger partial charge in [-0.25, -0.2) is 0 Å². The molecular weight excluding hydrogens is 889 g/mol. The third kappa shape index (κ3) is 56.7. The molecule has 1 atom stereocenters. The number of hydrogen-bond donors (Lipinski definition) is 0. The number of esters is 3. The molecule has 0 aromatic rings. The molecule has 408 valence electrons. The van der Waals surface area contributed by atoms with Crippen LogP contribution in [0.4, 0.5) is 0 Å². The molecule has 0 aliphatic heterocycles. The second-order valence-electron chi connectivity index (χ2n) is 19.1. The molecule has 0 bridgehead atoms. The van der Waals surface area contributed by atoms with Crippen LogP contribution in [0.5, 0.6) is 0 Å². The Labute approximate surface area is 443 Å². The summed E-state index contributed by atoms with van der Waals surface area (Å²) >= 11 is 0. The lowest BCUT2D eigenvalue weighted by Crippen LogP contribution is -2.30. The molecule has 0 spiro atoms. The first-order valence-electron chi connectivity index (χ1n) is 29.5. The molecule has 0 heterocycles. The van der Waals surface area contributed by atoms with E-state index in [-0.39, 0.29) is 31.1 Å². The van der Waals surface area contributed by atoms with Crippen molar-refractivity contribution in [1.82, 2.24) is 0 Å². The Kier molecular flexibility index (Phi) is 55.9. The van der Waals surface area contributed by atoms with Crippen LogP contribution in [0.3, 0.4) is 0 Å². The smallest absolute Gasteiger partial charge is 0.306 e. The monoisotopic (exact) mass is 997 g/mol. The fourth-order valence-electron chi connectivity index (χ4n) is 7.85. The molecule has 0 amide bonds. The highest BCUT2D eigenvalue weighted by molar-refractivity contribution is 5.71. The second kappa shape index (κ2) is 59.4. The molecule has 0 saturated carbocycles. The zero-order valence-corrected chi connectivity index (χ0v) is 46.7. The van der Waals surface area contributed by atoms with Crippen LogP contribution in [0.25, 0.3) is 0 Å². The van der Waals surface area contributed by atoms with E-state index in [1.807, 2.05) is 0 Å². The van der Waals surface area contributed by atoms with Gasteiger partial charge in [-0.2, -0.15) is 0 Å². The molecule has 6 nitrogen and oxygen atoms in total. The molecule has 0 radical (unpaired) electrons. The summed E-state index contributed by atoms with van der Waals surface area (Å²) in [5.41, 5.74) is 0. The largest absolute Gasteiger partial charge is 0.462 e. The van der Waals surface area contributed by atoms with E-state index in [4.69, 9.17) is 14.2 Å². The fraction of sp³-hybridized carbons (Fsp3) is 0.652. The van der Waals surface area contributed by atoms with E-state index in [2.05, 4.69) is 142 Å². The van der Waals surface area contributed by atoms with Crippen LogP contribution in [0.1, 0.15) is 258 Å². The van der Waals surface area contributed by atoms with Crippen molar-refractivity contribution in [3.8, 4) is 0 Å². The van der Waals surface area contributed by atoms with Crippen molar-refractivity contribution < 1.29 is 28.6 Å². The number of hydrogen-bond acceptors (Lipinski definition) is 6. The van der Waals surface area contributed by atoms with Crippen molar-refractivity contribution in [3.05, 3.63) is 122 Å². The average Bonchev–Trinajstić information content (AvgIpc) is 3.38. The maximum atomic E-state index is 12.7. The Bertz CT molecular complexity index is 1520. The SMILES string of the molecule is CC/C=C\C/C=C\C/C=C\C/C=C\C/C=C\C/C=C\C/C=C\CCCCCCCCCCCCCCCC(=O)OCC(COC(=O)CCCCCCCC)OC(=O)CCCCC/C=C\C/C=C\C/C=C\CC. The topological polar surface area (TPSA) is 78.9 Å². The standard InChI is InChI=1S/C66H108O6/c1-4-7-10-13-16-18-20-22-23-24-25-26-27-28-29-30-31-32-33-34-35-36-37-38-39-40-41-42-43-45-46-48-50-53-56-59-65(68)71-62-63(61-70-64(67)58-55-52-15-12-9-6-3)72-66(69)60-57-54-51-49-47-44-21-19-17-14-11-8-5-2/h7-8,10-11,16-19,22-23,25-26,28-29,31-32,34-35,44,47,63H,4-6,9,12-15,20-21,24,27,30,33,36-43,45-46,48-62H2,1-3H3/b10-7-,11-8-,18-16-,19-17-,23-22-,26-25-,29-28-,32-31-,35-34-,47-44-. The molecule has 1 unspecified atom stereocenters. The van der Waals surface area contributed by atoms with Gasteiger partial charge in [0.25, 0.3) is 0 Å². The third-order valence-corrected chi connectivity index (χ3v) is 12.2. The fourth-order valence-corrected chi connectivity index (χ4v) is 7.85. The van der Waals surface area contributed by atoms with Crippen molar-refractivity contribution in [1.29, 1.82) is 0 Å². The predicted octanol–water partition coefficient (Wildman–Crippen LogP) is 20.0. The summed E-state index contributed by atoms with van der Waals surface area (Å²) < 4.78 is 16.7. The van der Waals surface area contributed by atoms with Crippen molar-refractivity contribution in [2.75, 3.05) is 13.2 Å². The molecule has 0 aliphatic rings. The second-order valence-corrected chi connectivity index (χ2v) is 19.1. The summed E-state index contributed by atoms with van der Waals surface area (Å²) in [5, 5.41) is 0. The molecule has 0 aliphatic carbocycles. The first-order valence-corrected chi connectivity index (χ1v) is 29.5. The van der Waals surface area contributed by atoms with Crippen LogP contribution < -0.4 is 0 Å². The molecule has 0 fully saturated rings. The molecule has 0 aromatic heterocycles. The van der Waals surface area contributed by atoms with E-state index in [1.165, 1.54) is 89.9 Å². The van der Waals surface area contributed by atoms with Crippen LogP contribution in [-0.4, -0.2) is 37.2 Å². The molecule has 0 rings (SSSR count). The summed E-state index contributed by atoms with van der Waals surface area (Å²) in [6.45, 7) is 6.31. The summed E-state index contributed by atoms with van der Waals surface area (Å²) in [5.74, 6) is -0.933. The lowest BCUT2D eigenvalue weighted by atomic mass is 10.0. The van der Waals surface area contributed by atoms with E-state index < -0.39 is 6.10 Å². The number of rotatable bonds is 52. The first-order chi connectivity index (χ1) is 35.5. The minimum atomic E-state index is -0.790. The quantitative estimate of drug-likeness (QED) is 0.0261. The van der Waals surface area contributed by atoms with E-state index >= 15 is 0 Å². The van der Waals surface area contributed by atoms with Gasteiger partial charge in [0.05, 0.1) is 0 Å². The maximum absolute atomic E-state index is 12.7. The van der Waals surface area contributed by atoms with Gasteiger partial charge in [0.2, 0.25) is 0 Å². The summed E-state index contributed by atoms with van der Waals surface area (Å²) in [6.07, 6.45) is 82.5. The van der Waals surface area contributed by atoms with E-state index in [0.717, 1.165) is 128 Å². The first kappa shape index (κ1) is 67.8. The molecule has 0 saturated heterocycles. The van der Waals surface area contributed by atoms with Crippen molar-refractivity contribution in [3.63, 3.8) is 0 Å². The van der Waals surface area contributed by atoms with E-state index in [0.29, 0.717) is 19.3 Å². The summed E-state index contributed by atoms with van der Waals surface area (Å²) in [6, 6.07) is 0. The van der Waals surface area contributed by atoms with Gasteiger partial charge in [0.15, 0.2) is 6.10 Å². The number of unbranched alkanes of at least 4 members (excludes halogenated alkanes) is 21. The minimum Gasteiger partial charge on any atom is -0.462 e. The Morgan fingerprint density at radius 2 is 0.542 bits per heavy atom. The Morgan fingerprint density at radius 1 is 0.292 bits per heavy atom. The molecule has 0 aromatic carbocycles. The highest BCUT2D eigenvalue weighted by Crippen LogP contribution is 2.15. The van der Waals surface area contributed by atoms with Crippen molar-refractivity contribution in [2.24, 2.45) is 0 Å². The van der Waals surface area contributed by atoms with Crippen LogP contribution in [0.2, 0.25) is 0 Å². The van der Waals surface area contributed by atoms with Crippen molar-refractivity contribution in [2.45, 2.75) is 264 Å². The van der Waals surface area contributed by atoms with Crippen LogP contribution >= 0.6 is 0 Å². The highest BCUT2D eigenvalue weighted by Gasteiger charge is 2.19. The molecule has 72 heavy (non-hydrogen) atoms. The summed E-state index contributed by atoms with van der Waals surface area (Å²) in [7, 11) is 0. The summed E-state index contributed by atoms with van der Waals surface area (Å²) in [4.78, 5) is 37.8. The van der Waals surface area contributed by atoms with Gasteiger partial charge in [0.1, 0.15) is 13.2 Å². The number of allylic oxidation sites excluding steroid dienone is 20. The normalized spacial score (nSPS) is 13.0. The Hall–Kier alpha value is -4.19. The maximum Gasteiger partial charge on any atom is 0.306 e. The van der Waals surface area contributed by atoms with Gasteiger partial charge < -0.3 is 14.2 Å². The van der Waals surface area contributed by atoms with Gasteiger partial charge in [-0.05, 0) is 109 Å². The molecule has 6 heteroatoms. The Morgan fingerprint density at radius 3 is 0.861 bits per heavy atom. The van der Waals surface area contributed by atoms with Gasteiger partial charge in [-0.15, -0.1) is 0 Å². The van der Waals surface area contributed by atoms with Gasteiger partial charge in [-0.1, -0.05) is 251 Å². The van der Waals surface area contributed by atoms with Gasteiger partial charge in [0, 0.05) is 19.3 Å². The predicted molar refractivity (Wildman–Crippen MR) is 311 cm³/mol. The molecular formula is C66H108O6. The van der Waals surface area contributed by atoms with Gasteiger partial charge >= 0.3 is 17.9 Å². The number of carbonyl (C=O) groups is 3. The third-order valence-electron chi connectivity index (χ3n) is 12.2. The van der Waals surface area contributed by atoms with Crippen LogP contribution in [0.15, 0.2) is 122 Å². The van der Waals surface area contributed by atoms with Crippen LogP contribution in [0, 0.1) is 0 Å².